The third kappa shape index (κ3) is 5.70. The highest BCUT2D eigenvalue weighted by Crippen LogP contribution is 2.36. The van der Waals surface area contributed by atoms with Gasteiger partial charge in [0.1, 0.15) is 12.2 Å². The van der Waals surface area contributed by atoms with E-state index in [-0.39, 0.29) is 53.7 Å². The number of rotatable bonds is 8. The summed E-state index contributed by atoms with van der Waals surface area (Å²) in [5.74, 6) is 0.250. The average molecular weight is 418 g/mol. The number of carbonyl (C=O) groups excluding carboxylic acids is 1. The standard InChI is InChI=1S/C18H27N3O6.ClH/c1-12(19)13-5-4-6-20(11-13)18(22)14-9-16(26-3)17(27-8-7-25-2)10-15(14)21(23)24;/h9-10,12-13H,4-8,11,19H2,1-3H3;1H. The van der Waals surface area contributed by atoms with E-state index in [1.54, 1.807) is 4.90 Å². The first-order chi connectivity index (χ1) is 12.9. The Labute approximate surface area is 170 Å². The molecule has 0 radical (unpaired) electrons. The first kappa shape index (κ1) is 23.9. The number of nitrogens with zero attached hydrogens (tertiary/aromatic N) is 2. The van der Waals surface area contributed by atoms with Gasteiger partial charge in [-0.2, -0.15) is 0 Å². The zero-order valence-electron chi connectivity index (χ0n) is 16.4. The lowest BCUT2D eigenvalue weighted by molar-refractivity contribution is -0.385. The molecular weight excluding hydrogens is 390 g/mol. The SMILES string of the molecule is COCCOc1cc([N+](=O)[O-])c(C(=O)N2CCCC(C(C)N)C2)cc1OC.Cl. The number of benzene rings is 1. The van der Waals surface area contributed by atoms with Gasteiger partial charge in [-0.05, 0) is 25.7 Å². The third-order valence-corrected chi connectivity index (χ3v) is 4.74. The number of nitrogens with two attached hydrogens (primary N) is 1. The highest BCUT2D eigenvalue weighted by atomic mass is 35.5. The van der Waals surface area contributed by atoms with E-state index in [1.807, 2.05) is 6.92 Å². The van der Waals surface area contributed by atoms with Gasteiger partial charge in [-0.3, -0.25) is 14.9 Å². The lowest BCUT2D eigenvalue weighted by atomic mass is 9.91. The van der Waals surface area contributed by atoms with Crippen LogP contribution in [0.15, 0.2) is 12.1 Å². The maximum Gasteiger partial charge on any atom is 0.286 e. The molecule has 1 heterocycles. The molecule has 1 aromatic rings. The van der Waals surface area contributed by atoms with E-state index in [9.17, 15) is 14.9 Å². The lowest BCUT2D eigenvalue weighted by Gasteiger charge is -2.34. The number of nitro benzene ring substituents is 1. The second kappa shape index (κ2) is 11.0. The van der Waals surface area contributed by atoms with Crippen LogP contribution in [0.5, 0.6) is 11.5 Å². The van der Waals surface area contributed by atoms with Gasteiger partial charge in [-0.1, -0.05) is 0 Å². The van der Waals surface area contributed by atoms with E-state index in [0.717, 1.165) is 12.8 Å². The quantitative estimate of drug-likeness (QED) is 0.391. The minimum Gasteiger partial charge on any atom is -0.493 e. The van der Waals surface area contributed by atoms with Gasteiger partial charge in [-0.15, -0.1) is 12.4 Å². The molecule has 0 bridgehead atoms. The van der Waals surface area contributed by atoms with Crippen LogP contribution >= 0.6 is 12.4 Å². The third-order valence-electron chi connectivity index (χ3n) is 4.74. The normalized spacial score (nSPS) is 17.4. The summed E-state index contributed by atoms with van der Waals surface area (Å²) < 4.78 is 15.7. The Bertz CT molecular complexity index is 686. The minimum atomic E-state index is -0.581. The molecule has 1 aromatic carbocycles. The number of hydrogen-bond acceptors (Lipinski definition) is 7. The maximum absolute atomic E-state index is 13.0. The van der Waals surface area contributed by atoms with Crippen molar-refractivity contribution in [3.63, 3.8) is 0 Å². The molecule has 1 amide bonds. The van der Waals surface area contributed by atoms with Gasteiger partial charge in [0.15, 0.2) is 11.5 Å². The van der Waals surface area contributed by atoms with E-state index in [1.165, 1.54) is 26.4 Å². The molecule has 1 aliphatic rings. The van der Waals surface area contributed by atoms with Gasteiger partial charge in [0.2, 0.25) is 0 Å². The molecule has 0 spiro atoms. The maximum atomic E-state index is 13.0. The predicted molar refractivity (Wildman–Crippen MR) is 107 cm³/mol. The number of nitro groups is 1. The van der Waals surface area contributed by atoms with E-state index < -0.39 is 10.8 Å². The Morgan fingerprint density at radius 1 is 1.36 bits per heavy atom. The number of amides is 1. The zero-order chi connectivity index (χ0) is 20.0. The monoisotopic (exact) mass is 417 g/mol. The van der Waals surface area contributed by atoms with Crippen molar-refractivity contribution >= 4 is 24.0 Å². The summed E-state index contributed by atoms with van der Waals surface area (Å²) in [5, 5.41) is 11.6. The van der Waals surface area contributed by atoms with E-state index in [4.69, 9.17) is 19.9 Å². The van der Waals surface area contributed by atoms with Crippen molar-refractivity contribution < 1.29 is 23.9 Å². The first-order valence-electron chi connectivity index (χ1n) is 8.92. The van der Waals surface area contributed by atoms with Crippen LogP contribution in [-0.2, 0) is 4.74 Å². The van der Waals surface area contributed by atoms with Crippen molar-refractivity contribution in [2.24, 2.45) is 11.7 Å². The first-order valence-corrected chi connectivity index (χ1v) is 8.92. The van der Waals surface area contributed by atoms with Crippen molar-refractivity contribution in [3.8, 4) is 11.5 Å². The van der Waals surface area contributed by atoms with Gasteiger partial charge >= 0.3 is 0 Å². The molecule has 28 heavy (non-hydrogen) atoms. The number of carbonyl (C=O) groups is 1. The molecular formula is C18H28ClN3O6. The van der Waals surface area contributed by atoms with Crippen LogP contribution in [0.1, 0.15) is 30.1 Å². The van der Waals surface area contributed by atoms with Crippen LogP contribution in [-0.4, -0.2) is 62.3 Å². The number of halogens is 1. The van der Waals surface area contributed by atoms with Crippen molar-refractivity contribution in [2.45, 2.75) is 25.8 Å². The zero-order valence-corrected chi connectivity index (χ0v) is 17.2. The fraction of sp³-hybridized carbons (Fsp3) is 0.611. The van der Waals surface area contributed by atoms with Crippen molar-refractivity contribution in [2.75, 3.05) is 40.5 Å². The minimum absolute atomic E-state index is 0. The number of methoxy groups -OCH3 is 2. The van der Waals surface area contributed by atoms with Crippen molar-refractivity contribution in [3.05, 3.63) is 27.8 Å². The van der Waals surface area contributed by atoms with Crippen molar-refractivity contribution in [1.82, 2.24) is 4.90 Å². The average Bonchev–Trinajstić information content (AvgIpc) is 2.67. The molecule has 2 rings (SSSR count). The Kier molecular flexibility index (Phi) is 9.44. The van der Waals surface area contributed by atoms with Crippen LogP contribution in [0.2, 0.25) is 0 Å². The van der Waals surface area contributed by atoms with Gasteiger partial charge < -0.3 is 24.8 Å². The molecule has 2 unspecified atom stereocenters. The molecule has 1 aliphatic heterocycles. The molecule has 9 nitrogen and oxygen atoms in total. The summed E-state index contributed by atoms with van der Waals surface area (Å²) in [6.45, 7) is 3.48. The second-order valence-electron chi connectivity index (χ2n) is 6.63. The Morgan fingerprint density at radius 2 is 2.07 bits per heavy atom. The van der Waals surface area contributed by atoms with Gasteiger partial charge in [0.05, 0.1) is 24.7 Å². The summed E-state index contributed by atoms with van der Waals surface area (Å²) in [7, 11) is 2.95. The van der Waals surface area contributed by atoms with Crippen LogP contribution in [0.4, 0.5) is 5.69 Å². The van der Waals surface area contributed by atoms with Crippen LogP contribution in [0, 0.1) is 16.0 Å². The molecule has 1 fully saturated rings. The summed E-state index contributed by atoms with van der Waals surface area (Å²) in [4.78, 5) is 25.6. The molecule has 0 aliphatic carbocycles. The summed E-state index contributed by atoms with van der Waals surface area (Å²) in [6.07, 6.45) is 1.76. The number of likely N-dealkylation sites (tertiary alicyclic amines) is 1. The predicted octanol–water partition coefficient (Wildman–Crippen LogP) is 2.25. The van der Waals surface area contributed by atoms with Gasteiger partial charge in [0.25, 0.3) is 11.6 Å². The Balaban J connectivity index is 0.00000392. The van der Waals surface area contributed by atoms with E-state index in [0.29, 0.717) is 19.7 Å². The summed E-state index contributed by atoms with van der Waals surface area (Å²) in [6, 6.07) is 2.56. The molecule has 10 heteroatoms. The van der Waals surface area contributed by atoms with Crippen LogP contribution in [0.3, 0.4) is 0 Å². The largest absolute Gasteiger partial charge is 0.493 e. The summed E-state index contributed by atoms with van der Waals surface area (Å²) in [5.41, 5.74) is 5.65. The molecule has 0 saturated carbocycles. The van der Waals surface area contributed by atoms with E-state index >= 15 is 0 Å². The van der Waals surface area contributed by atoms with Gasteiger partial charge in [-0.25, -0.2) is 0 Å². The molecule has 0 aromatic heterocycles. The van der Waals surface area contributed by atoms with Gasteiger partial charge in [0, 0.05) is 32.3 Å². The fourth-order valence-electron chi connectivity index (χ4n) is 3.17. The molecule has 1 saturated heterocycles. The van der Waals surface area contributed by atoms with Crippen LogP contribution in [0.25, 0.3) is 0 Å². The molecule has 2 N–H and O–H groups in total. The second-order valence-corrected chi connectivity index (χ2v) is 6.63. The van der Waals surface area contributed by atoms with Crippen molar-refractivity contribution in [1.29, 1.82) is 0 Å². The Hall–Kier alpha value is -2.10. The molecule has 158 valence electrons. The number of piperidine rings is 1. The number of ether oxygens (including phenoxy) is 3. The smallest absolute Gasteiger partial charge is 0.286 e. The topological polar surface area (TPSA) is 117 Å². The fourth-order valence-corrected chi connectivity index (χ4v) is 3.17. The summed E-state index contributed by atoms with van der Waals surface area (Å²) >= 11 is 0. The highest BCUT2D eigenvalue weighted by Gasteiger charge is 2.31. The van der Waals surface area contributed by atoms with Crippen LogP contribution < -0.4 is 15.2 Å². The lowest BCUT2D eigenvalue weighted by Crippen LogP contribution is -2.45. The molecule has 2 atom stereocenters. The highest BCUT2D eigenvalue weighted by molar-refractivity contribution is 5.99. The number of hydrogen-bond donors (Lipinski definition) is 1. The Morgan fingerprint density at radius 3 is 2.64 bits per heavy atom. The van der Waals surface area contributed by atoms with E-state index in [2.05, 4.69) is 0 Å².